The van der Waals surface area contributed by atoms with Crippen LogP contribution in [0.5, 0.6) is 0 Å². The summed E-state index contributed by atoms with van der Waals surface area (Å²) in [5.41, 5.74) is 0. The first kappa shape index (κ1) is 10.2. The van der Waals surface area contributed by atoms with Gasteiger partial charge in [0.1, 0.15) is 0 Å². The van der Waals surface area contributed by atoms with Gasteiger partial charge in [-0.05, 0) is 0 Å². The van der Waals surface area contributed by atoms with Gasteiger partial charge in [-0.3, -0.25) is 0 Å². The molecule has 22 valence electrons. The van der Waals surface area contributed by atoms with Gasteiger partial charge in [0.05, 0.1) is 2.43 Å². The summed E-state index contributed by atoms with van der Waals surface area (Å²) < 4.78 is 1.19. The Bertz CT molecular complexity index is 6.00. The van der Waals surface area contributed by atoms with Crippen LogP contribution in [0.1, 0.15) is 0 Å². The average molecular weight is 308 g/mol. The zero-order valence-corrected chi connectivity index (χ0v) is 5.78. The summed E-state index contributed by atoms with van der Waals surface area (Å²) in [5.74, 6) is 0. The molecule has 0 spiro atoms. The van der Waals surface area contributed by atoms with E-state index in [-0.39, 0.29) is 51.4 Å². The molecule has 0 aliphatic heterocycles. The summed E-state index contributed by atoms with van der Waals surface area (Å²) >= 11 is 4.55. The Morgan fingerprint density at radius 3 is 1.25 bits per heavy atom. The number of halogens is 2. The molecular formula is CH3I2K. The SMILES string of the molecule is ICI.[KH]. The Morgan fingerprint density at radius 1 is 1.25 bits per heavy atom. The van der Waals surface area contributed by atoms with Crippen LogP contribution in [0, 0.1) is 0 Å². The van der Waals surface area contributed by atoms with E-state index in [9.17, 15) is 0 Å². The third kappa shape index (κ3) is 8.92. The predicted octanol–water partition coefficient (Wildman–Crippen LogP) is 1.17. The molecule has 0 saturated heterocycles. The summed E-state index contributed by atoms with van der Waals surface area (Å²) in [6.45, 7) is 0. The summed E-state index contributed by atoms with van der Waals surface area (Å²) in [6, 6.07) is 0. The quantitative estimate of drug-likeness (QED) is 0.358. The Morgan fingerprint density at radius 2 is 1.25 bits per heavy atom. The monoisotopic (exact) mass is 308 g/mol. The van der Waals surface area contributed by atoms with Crippen molar-refractivity contribution < 1.29 is 0 Å². The Kier molecular flexibility index (Phi) is 24.0. The normalized spacial score (nSPS) is 4.50. The van der Waals surface area contributed by atoms with Crippen molar-refractivity contribution in [1.29, 1.82) is 0 Å². The Labute approximate surface area is 96.2 Å². The second-order valence-corrected chi connectivity index (χ2v) is 4.55. The van der Waals surface area contributed by atoms with E-state index in [1.807, 2.05) is 0 Å². The van der Waals surface area contributed by atoms with Gasteiger partial charge in [0.2, 0.25) is 0 Å². The molecule has 0 aromatic rings. The van der Waals surface area contributed by atoms with E-state index in [1.165, 1.54) is 2.43 Å². The van der Waals surface area contributed by atoms with Gasteiger partial charge in [-0.2, -0.15) is 0 Å². The van der Waals surface area contributed by atoms with Crippen molar-refractivity contribution in [3.8, 4) is 0 Å². The first-order valence-electron chi connectivity index (χ1n) is 0.535. The predicted molar refractivity (Wildman–Crippen MR) is 40.1 cm³/mol. The van der Waals surface area contributed by atoms with Crippen molar-refractivity contribution in [2.75, 3.05) is 2.43 Å². The van der Waals surface area contributed by atoms with Crippen LogP contribution in [-0.2, 0) is 0 Å². The van der Waals surface area contributed by atoms with Crippen molar-refractivity contribution in [2.45, 2.75) is 0 Å². The van der Waals surface area contributed by atoms with E-state index >= 15 is 0 Å². The molecule has 0 fully saturated rings. The van der Waals surface area contributed by atoms with Crippen LogP contribution < -0.4 is 0 Å². The van der Waals surface area contributed by atoms with Gasteiger partial charge in [0, 0.05) is 0 Å². The molecule has 0 saturated carbocycles. The summed E-state index contributed by atoms with van der Waals surface area (Å²) in [7, 11) is 0. The molecular weight excluding hydrogens is 305 g/mol. The van der Waals surface area contributed by atoms with Gasteiger partial charge in [-0.25, -0.2) is 0 Å². The molecule has 4 heavy (non-hydrogen) atoms. The van der Waals surface area contributed by atoms with Crippen molar-refractivity contribution in [3.05, 3.63) is 0 Å². The third-order valence-electron chi connectivity index (χ3n) is 0. The fourth-order valence-corrected chi connectivity index (χ4v) is 0. The minimum atomic E-state index is 0. The van der Waals surface area contributed by atoms with Crippen LogP contribution in [-0.4, -0.2) is 53.8 Å². The van der Waals surface area contributed by atoms with E-state index < -0.39 is 0 Å². The number of hydrogen-bond acceptors (Lipinski definition) is 0. The van der Waals surface area contributed by atoms with Gasteiger partial charge in [-0.15, -0.1) is 0 Å². The molecule has 0 bridgehead atoms. The third-order valence-corrected chi connectivity index (χ3v) is 0. The number of alkyl halides is 2. The van der Waals surface area contributed by atoms with Crippen LogP contribution in [0.3, 0.4) is 0 Å². The van der Waals surface area contributed by atoms with Gasteiger partial charge < -0.3 is 0 Å². The molecule has 0 aliphatic rings. The zero-order chi connectivity index (χ0) is 2.71. The fourth-order valence-electron chi connectivity index (χ4n) is 0. The molecule has 0 aromatic heterocycles. The second-order valence-electron chi connectivity index (χ2n) is 0.101. The first-order chi connectivity index (χ1) is 1.41. The summed E-state index contributed by atoms with van der Waals surface area (Å²) in [5, 5.41) is 0. The topological polar surface area (TPSA) is 0 Å². The van der Waals surface area contributed by atoms with Crippen molar-refractivity contribution >= 4 is 96.6 Å². The van der Waals surface area contributed by atoms with E-state index in [4.69, 9.17) is 0 Å². The Balaban J connectivity index is 0. The van der Waals surface area contributed by atoms with E-state index in [0.29, 0.717) is 0 Å². The Hall–Kier alpha value is 3.10. The first-order valence-corrected chi connectivity index (χ1v) is 3.59. The summed E-state index contributed by atoms with van der Waals surface area (Å²) in [6.07, 6.45) is 0. The van der Waals surface area contributed by atoms with E-state index in [2.05, 4.69) is 45.2 Å². The molecule has 0 aliphatic carbocycles. The van der Waals surface area contributed by atoms with Crippen LogP contribution in [0.25, 0.3) is 0 Å². The molecule has 0 heterocycles. The molecule has 0 amide bonds. The maximum absolute atomic E-state index is 2.28. The van der Waals surface area contributed by atoms with Crippen LogP contribution in [0.2, 0.25) is 0 Å². The van der Waals surface area contributed by atoms with Crippen molar-refractivity contribution in [2.24, 2.45) is 0 Å². The van der Waals surface area contributed by atoms with Gasteiger partial charge in [-0.1, -0.05) is 45.2 Å². The molecule has 0 rings (SSSR count). The van der Waals surface area contributed by atoms with Crippen LogP contribution in [0.15, 0.2) is 0 Å². The number of rotatable bonds is 0. The van der Waals surface area contributed by atoms with Crippen LogP contribution >= 0.6 is 45.2 Å². The second kappa shape index (κ2) is 9.44. The average Bonchev–Trinajstić information content (AvgIpc) is 0.918. The molecule has 0 aromatic carbocycles. The fraction of sp³-hybridized carbons (Fsp3) is 1.00. The molecule has 0 atom stereocenters. The van der Waals surface area contributed by atoms with E-state index in [1.54, 1.807) is 0 Å². The van der Waals surface area contributed by atoms with Crippen LogP contribution in [0.4, 0.5) is 0 Å². The minimum absolute atomic E-state index is 0. The standard InChI is InChI=1S/CH2I2.K.H/c2-1-3;;/h1H2;;. The molecule has 0 nitrogen and oxygen atoms in total. The van der Waals surface area contributed by atoms with Gasteiger partial charge in [0.15, 0.2) is 0 Å². The molecule has 0 radical (unpaired) electrons. The molecule has 0 N–H and O–H groups in total. The van der Waals surface area contributed by atoms with Crippen molar-refractivity contribution in [1.82, 2.24) is 0 Å². The summed E-state index contributed by atoms with van der Waals surface area (Å²) in [4.78, 5) is 0. The molecule has 3 heteroatoms. The molecule has 0 unspecified atom stereocenters. The van der Waals surface area contributed by atoms with Gasteiger partial charge >= 0.3 is 51.4 Å². The van der Waals surface area contributed by atoms with Gasteiger partial charge in [0.25, 0.3) is 0 Å². The zero-order valence-electron chi connectivity index (χ0n) is 1.46. The maximum atomic E-state index is 2.28. The van der Waals surface area contributed by atoms with Crippen molar-refractivity contribution in [3.63, 3.8) is 0 Å². The number of hydrogen-bond donors (Lipinski definition) is 0. The van der Waals surface area contributed by atoms with E-state index in [0.717, 1.165) is 0 Å².